The first-order valence-corrected chi connectivity index (χ1v) is 3.20. The van der Waals surface area contributed by atoms with E-state index in [1.165, 1.54) is 18.2 Å². The van der Waals surface area contributed by atoms with Crippen LogP contribution in [-0.2, 0) is 0 Å². The molecule has 0 aliphatic carbocycles. The predicted molar refractivity (Wildman–Crippen MR) is 37.2 cm³/mol. The van der Waals surface area contributed by atoms with Gasteiger partial charge in [0.1, 0.15) is 24.3 Å². The second-order valence-electron chi connectivity index (χ2n) is 2.07. The Morgan fingerprint density at radius 1 is 1.27 bits per heavy atom. The molecule has 1 heterocycles. The van der Waals surface area contributed by atoms with Crippen LogP contribution in [0.1, 0.15) is 17.2 Å². The van der Waals surface area contributed by atoms with Crippen LogP contribution in [0.15, 0.2) is 0 Å². The summed E-state index contributed by atoms with van der Waals surface area (Å²) in [4.78, 5) is 13.8. The molecule has 0 N–H and O–H groups in total. The second-order valence-corrected chi connectivity index (χ2v) is 2.07. The number of nitriles is 3. The molecule has 0 atom stereocenters. The Morgan fingerprint density at radius 2 is 1.87 bits per heavy atom. The summed E-state index contributed by atoms with van der Waals surface area (Å²) < 4.78 is 0.262. The number of nitrogens with zero attached hydrogens (tertiary/aromatic N) is 5. The van der Waals surface area contributed by atoms with Gasteiger partial charge in [-0.2, -0.15) is 15.8 Å². The minimum atomic E-state index is -1.77. The smallest absolute Gasteiger partial charge is 0.529 e. The summed E-state index contributed by atoms with van der Waals surface area (Å²) in [6.07, 6.45) is -1.77. The Labute approximate surface area is 106 Å². The van der Waals surface area contributed by atoms with Crippen LogP contribution in [0, 0.1) is 34.0 Å². The van der Waals surface area contributed by atoms with Crippen LogP contribution in [0.5, 0.6) is 0 Å². The number of carbonyl (C=O) groups is 1. The molecule has 1 aromatic rings. The topological polar surface area (TPSA) is 129 Å². The van der Waals surface area contributed by atoms with Crippen molar-refractivity contribution in [2.45, 2.75) is 0 Å². The van der Waals surface area contributed by atoms with Crippen molar-refractivity contribution < 1.29 is 39.5 Å². The van der Waals surface area contributed by atoms with Gasteiger partial charge in [0.05, 0.1) is 0 Å². The number of aromatic nitrogens is 2. The molecule has 1 rings (SSSR count). The maximum atomic E-state index is 10.5. The van der Waals surface area contributed by atoms with Crippen molar-refractivity contribution in [2.75, 3.05) is 0 Å². The normalized spacial score (nSPS) is 7.80. The minimum Gasteiger partial charge on any atom is -0.529 e. The van der Waals surface area contributed by atoms with E-state index in [0.29, 0.717) is 0 Å². The zero-order chi connectivity index (χ0) is 10.7. The number of hydrogen-bond donors (Lipinski definition) is 0. The first kappa shape index (κ1) is 13.1. The molecule has 1 aromatic heterocycles. The van der Waals surface area contributed by atoms with Gasteiger partial charge in [0, 0.05) is 0 Å². The van der Waals surface area contributed by atoms with Crippen LogP contribution in [0.3, 0.4) is 0 Å². The summed E-state index contributed by atoms with van der Waals surface area (Å²) in [5.74, 6) is -0.557. The molecule has 0 saturated carbocycles. The molecule has 0 spiro atoms. The Balaban J connectivity index is 0.00000196. The standard InChI is InChI=1S/C7HN5O2.Na/c8-1-4-5(2-9)12(7(13)14)6(3-10)11-4;/h(H,13,14);/q;+1/p-1. The first-order chi connectivity index (χ1) is 6.65. The van der Waals surface area contributed by atoms with Crippen LogP contribution in [0.25, 0.3) is 0 Å². The van der Waals surface area contributed by atoms with E-state index in [4.69, 9.17) is 15.8 Å². The molecule has 8 heteroatoms. The maximum absolute atomic E-state index is 10.5. The quantitative estimate of drug-likeness (QED) is 0.397. The summed E-state index contributed by atoms with van der Waals surface area (Å²) in [6, 6.07) is 4.39. The van der Waals surface area contributed by atoms with Crippen LogP contribution in [-0.4, -0.2) is 15.6 Å². The van der Waals surface area contributed by atoms with Crippen molar-refractivity contribution in [3.05, 3.63) is 17.2 Å². The van der Waals surface area contributed by atoms with Crippen molar-refractivity contribution in [3.8, 4) is 18.2 Å². The zero-order valence-corrected chi connectivity index (χ0v) is 9.55. The molecule has 0 radical (unpaired) electrons. The van der Waals surface area contributed by atoms with Crippen LogP contribution in [0.2, 0.25) is 0 Å². The van der Waals surface area contributed by atoms with Crippen molar-refractivity contribution >= 4 is 6.09 Å². The van der Waals surface area contributed by atoms with E-state index in [1.54, 1.807) is 0 Å². The van der Waals surface area contributed by atoms with Gasteiger partial charge in [-0.05, 0) is 0 Å². The fraction of sp³-hybridized carbons (Fsp3) is 0. The number of imidazole rings is 1. The van der Waals surface area contributed by atoms with E-state index in [1.807, 2.05) is 0 Å². The van der Waals surface area contributed by atoms with Crippen molar-refractivity contribution in [1.29, 1.82) is 15.8 Å². The Morgan fingerprint density at radius 3 is 2.20 bits per heavy atom. The van der Waals surface area contributed by atoms with E-state index < -0.39 is 23.3 Å². The summed E-state index contributed by atoms with van der Waals surface area (Å²) in [6.45, 7) is 0. The molecule has 0 aliphatic heterocycles. The monoisotopic (exact) mass is 209 g/mol. The average molecular weight is 209 g/mol. The first-order valence-electron chi connectivity index (χ1n) is 3.20. The van der Waals surface area contributed by atoms with Gasteiger partial charge in [-0.1, -0.05) is 0 Å². The molecule has 0 saturated heterocycles. The maximum Gasteiger partial charge on any atom is 1.00 e. The van der Waals surface area contributed by atoms with Crippen molar-refractivity contribution in [2.24, 2.45) is 0 Å². The van der Waals surface area contributed by atoms with E-state index >= 15 is 0 Å². The number of rotatable bonds is 0. The second kappa shape index (κ2) is 5.14. The van der Waals surface area contributed by atoms with Gasteiger partial charge in [0.25, 0.3) is 0 Å². The number of carboxylic acid groups (broad SMARTS) is 1. The fourth-order valence-corrected chi connectivity index (χ4v) is 0.854. The number of carbonyl (C=O) groups excluding carboxylic acids is 1. The van der Waals surface area contributed by atoms with Gasteiger partial charge in [0.2, 0.25) is 5.82 Å². The van der Waals surface area contributed by atoms with Gasteiger partial charge < -0.3 is 9.90 Å². The third-order valence-corrected chi connectivity index (χ3v) is 1.37. The molecule has 7 nitrogen and oxygen atoms in total. The van der Waals surface area contributed by atoms with Crippen LogP contribution >= 0.6 is 0 Å². The molecular formula is C7N5NaO2. The predicted octanol–water partition coefficient (Wildman–Crippen LogP) is -4.31. The van der Waals surface area contributed by atoms with Gasteiger partial charge in [-0.25, -0.2) is 4.98 Å². The summed E-state index contributed by atoms with van der Waals surface area (Å²) in [5, 5.41) is 35.9. The van der Waals surface area contributed by atoms with Crippen LogP contribution < -0.4 is 34.7 Å². The summed E-state index contributed by atoms with van der Waals surface area (Å²) >= 11 is 0. The molecule has 0 unspecified atom stereocenters. The Bertz CT molecular complexity index is 527. The Hall–Kier alpha value is -1.85. The molecular weight excluding hydrogens is 209 g/mol. The molecule has 0 fully saturated rings. The third kappa shape index (κ3) is 2.15. The molecule has 15 heavy (non-hydrogen) atoms. The van der Waals surface area contributed by atoms with Gasteiger partial charge >= 0.3 is 29.6 Å². The van der Waals surface area contributed by atoms with Gasteiger partial charge in [0.15, 0.2) is 11.4 Å². The van der Waals surface area contributed by atoms with E-state index in [2.05, 4.69) is 4.98 Å². The summed E-state index contributed by atoms with van der Waals surface area (Å²) in [5.41, 5.74) is -0.919. The van der Waals surface area contributed by atoms with Crippen LogP contribution in [0.4, 0.5) is 4.79 Å². The van der Waals surface area contributed by atoms with Crippen molar-refractivity contribution in [3.63, 3.8) is 0 Å². The molecule has 0 amide bonds. The molecule has 0 aromatic carbocycles. The SMILES string of the molecule is N#Cc1nc(C#N)n(C(=O)[O-])c1C#N.[Na+]. The summed E-state index contributed by atoms with van der Waals surface area (Å²) in [7, 11) is 0. The number of hydrogen-bond acceptors (Lipinski definition) is 6. The Kier molecular flexibility index (Phi) is 4.50. The van der Waals surface area contributed by atoms with Gasteiger partial charge in [-0.15, -0.1) is 0 Å². The van der Waals surface area contributed by atoms with Gasteiger partial charge in [-0.3, -0.25) is 4.57 Å². The minimum absolute atomic E-state index is 0. The third-order valence-electron chi connectivity index (χ3n) is 1.37. The molecule has 0 bridgehead atoms. The zero-order valence-electron chi connectivity index (χ0n) is 7.55. The van der Waals surface area contributed by atoms with Crippen molar-refractivity contribution in [1.82, 2.24) is 9.55 Å². The largest absolute Gasteiger partial charge is 1.00 e. The molecule has 0 aliphatic rings. The van der Waals surface area contributed by atoms with E-state index in [0.717, 1.165) is 0 Å². The van der Waals surface area contributed by atoms with E-state index in [-0.39, 0.29) is 34.1 Å². The van der Waals surface area contributed by atoms with E-state index in [9.17, 15) is 9.90 Å². The fourth-order valence-electron chi connectivity index (χ4n) is 0.854. The average Bonchev–Trinajstić information content (AvgIpc) is 2.54. The molecule has 66 valence electrons.